The zero-order valence-electron chi connectivity index (χ0n) is 7.75. The molecular weight excluding hydrogens is 315 g/mol. The van der Waals surface area contributed by atoms with E-state index in [1.165, 1.54) is 11.5 Å². The van der Waals surface area contributed by atoms with Crippen LogP contribution in [0.25, 0.3) is 0 Å². The first-order valence-electron chi connectivity index (χ1n) is 4.28. The highest BCUT2D eigenvalue weighted by Gasteiger charge is 2.07. The molecule has 0 bridgehead atoms. The molecule has 0 fully saturated rings. The summed E-state index contributed by atoms with van der Waals surface area (Å²) in [6.07, 6.45) is 3.21. The molecule has 1 aromatic heterocycles. The maximum absolute atomic E-state index is 11.2. The van der Waals surface area contributed by atoms with Crippen molar-refractivity contribution in [2.24, 2.45) is 0 Å². The van der Waals surface area contributed by atoms with Crippen LogP contribution in [0, 0.1) is 3.57 Å². The van der Waals surface area contributed by atoms with Gasteiger partial charge in [0.2, 0.25) is 0 Å². The monoisotopic (exact) mass is 326 g/mol. The molecule has 1 aromatic rings. The number of nitrogens with one attached hydrogen (secondary N) is 1. The van der Waals surface area contributed by atoms with Gasteiger partial charge in [-0.15, -0.1) is 0 Å². The van der Waals surface area contributed by atoms with Crippen LogP contribution in [0.2, 0.25) is 0 Å². The molecule has 6 heteroatoms. The minimum absolute atomic E-state index is 0.402. The lowest BCUT2D eigenvalue weighted by Crippen LogP contribution is -2.13. The molecule has 0 saturated heterocycles. The molecule has 0 saturated carbocycles. The summed E-state index contributed by atoms with van der Waals surface area (Å²) in [6.45, 7) is 2.52. The smallest absolute Gasteiger partial charge is 0.412 e. The van der Waals surface area contributed by atoms with Crippen LogP contribution >= 0.6 is 34.1 Å². The van der Waals surface area contributed by atoms with E-state index in [1.54, 1.807) is 6.20 Å². The van der Waals surface area contributed by atoms with E-state index < -0.39 is 6.09 Å². The predicted octanol–water partition coefficient (Wildman–Crippen LogP) is 3.10. The lowest BCUT2D eigenvalue weighted by Gasteiger charge is -2.03. The molecule has 1 rings (SSSR count). The Kier molecular flexibility index (Phi) is 5.16. The molecule has 0 radical (unpaired) electrons. The molecule has 1 heterocycles. The summed E-state index contributed by atoms with van der Waals surface area (Å²) in [5, 5.41) is 3.38. The number of carbonyl (C=O) groups is 1. The molecule has 0 aliphatic carbocycles. The van der Waals surface area contributed by atoms with E-state index in [1.807, 2.05) is 6.92 Å². The van der Waals surface area contributed by atoms with Gasteiger partial charge in [0.25, 0.3) is 0 Å². The van der Waals surface area contributed by atoms with E-state index >= 15 is 0 Å². The Morgan fingerprint density at radius 3 is 3.14 bits per heavy atom. The number of aromatic nitrogens is 1. The second-order valence-electron chi connectivity index (χ2n) is 2.62. The first-order valence-corrected chi connectivity index (χ1v) is 6.13. The largest absolute Gasteiger partial charge is 0.449 e. The Labute approximate surface area is 100 Å². The van der Waals surface area contributed by atoms with E-state index in [-0.39, 0.29) is 0 Å². The van der Waals surface area contributed by atoms with Crippen molar-refractivity contribution in [2.75, 3.05) is 11.9 Å². The fraction of sp³-hybridized carbons (Fsp3) is 0.500. The van der Waals surface area contributed by atoms with Gasteiger partial charge >= 0.3 is 6.09 Å². The number of carbonyl (C=O) groups excluding carboxylic acids is 1. The molecular formula is C8H11IN2O2S. The molecule has 4 nitrogen and oxygen atoms in total. The average molecular weight is 326 g/mol. The molecule has 0 aliphatic heterocycles. The van der Waals surface area contributed by atoms with Crippen molar-refractivity contribution in [1.29, 1.82) is 0 Å². The standard InChI is InChI=1S/C8H11IN2O2S/c1-2-3-4-13-8(12)11-7-6(9)5-10-14-7/h5H,2-4H2,1H3,(H,11,12). The van der Waals surface area contributed by atoms with E-state index in [2.05, 4.69) is 32.3 Å². The number of anilines is 1. The second-order valence-corrected chi connectivity index (χ2v) is 4.58. The number of rotatable bonds is 4. The quantitative estimate of drug-likeness (QED) is 0.683. The van der Waals surface area contributed by atoms with Gasteiger partial charge in [-0.3, -0.25) is 5.32 Å². The Morgan fingerprint density at radius 1 is 1.79 bits per heavy atom. The molecule has 14 heavy (non-hydrogen) atoms. The first-order chi connectivity index (χ1) is 6.74. The third-order valence-electron chi connectivity index (χ3n) is 1.47. The molecule has 0 atom stereocenters. The minimum atomic E-state index is -0.402. The van der Waals surface area contributed by atoms with Crippen LogP contribution in [0.15, 0.2) is 6.20 Å². The fourth-order valence-electron chi connectivity index (χ4n) is 0.748. The van der Waals surface area contributed by atoms with E-state index in [0.717, 1.165) is 21.4 Å². The lowest BCUT2D eigenvalue weighted by molar-refractivity contribution is 0.160. The fourth-order valence-corrected chi connectivity index (χ4v) is 2.04. The topological polar surface area (TPSA) is 51.2 Å². The number of halogens is 1. The van der Waals surface area contributed by atoms with Gasteiger partial charge in [0.05, 0.1) is 16.4 Å². The molecule has 0 aromatic carbocycles. The SMILES string of the molecule is CCCCOC(=O)Nc1sncc1I. The summed E-state index contributed by atoms with van der Waals surface area (Å²) in [7, 11) is 0. The Hall–Kier alpha value is -0.370. The van der Waals surface area contributed by atoms with Crippen molar-refractivity contribution in [1.82, 2.24) is 4.37 Å². The highest BCUT2D eigenvalue weighted by molar-refractivity contribution is 14.1. The number of amides is 1. The van der Waals surface area contributed by atoms with Gasteiger partial charge in [0.15, 0.2) is 0 Å². The minimum Gasteiger partial charge on any atom is -0.449 e. The average Bonchev–Trinajstić information content (AvgIpc) is 2.52. The lowest BCUT2D eigenvalue weighted by atomic mass is 10.4. The summed E-state index contributed by atoms with van der Waals surface area (Å²) in [6, 6.07) is 0. The molecule has 0 aliphatic rings. The first kappa shape index (κ1) is 11.7. The Morgan fingerprint density at radius 2 is 2.57 bits per heavy atom. The maximum atomic E-state index is 11.2. The molecule has 1 N–H and O–H groups in total. The zero-order chi connectivity index (χ0) is 10.4. The molecule has 0 spiro atoms. The van der Waals surface area contributed by atoms with Crippen molar-refractivity contribution in [3.8, 4) is 0 Å². The van der Waals surface area contributed by atoms with Crippen LogP contribution in [0.1, 0.15) is 19.8 Å². The van der Waals surface area contributed by atoms with Crippen LogP contribution in [-0.4, -0.2) is 17.1 Å². The number of nitrogens with zero attached hydrogens (tertiary/aromatic N) is 1. The molecule has 78 valence electrons. The normalized spacial score (nSPS) is 9.86. The Balaban J connectivity index is 2.31. The van der Waals surface area contributed by atoms with Gasteiger partial charge in [-0.05, 0) is 40.5 Å². The summed E-state index contributed by atoms with van der Waals surface area (Å²) in [4.78, 5) is 11.2. The third-order valence-corrected chi connectivity index (χ3v) is 3.37. The van der Waals surface area contributed by atoms with Gasteiger partial charge in [0, 0.05) is 0 Å². The van der Waals surface area contributed by atoms with Crippen LogP contribution in [0.3, 0.4) is 0 Å². The summed E-state index contributed by atoms with van der Waals surface area (Å²) >= 11 is 3.36. The van der Waals surface area contributed by atoms with Crippen molar-refractivity contribution in [2.45, 2.75) is 19.8 Å². The zero-order valence-corrected chi connectivity index (χ0v) is 10.7. The van der Waals surface area contributed by atoms with Crippen LogP contribution in [0.4, 0.5) is 9.80 Å². The Bertz CT molecular complexity index is 303. The number of hydrogen-bond acceptors (Lipinski definition) is 4. The number of unbranched alkanes of at least 4 members (excludes halogenated alkanes) is 1. The summed E-state index contributed by atoms with van der Waals surface area (Å²) in [5.41, 5.74) is 0. The van der Waals surface area contributed by atoms with Crippen molar-refractivity contribution in [3.63, 3.8) is 0 Å². The maximum Gasteiger partial charge on any atom is 0.412 e. The van der Waals surface area contributed by atoms with Gasteiger partial charge < -0.3 is 4.74 Å². The van der Waals surface area contributed by atoms with Gasteiger partial charge in [-0.25, -0.2) is 4.79 Å². The van der Waals surface area contributed by atoms with Crippen molar-refractivity contribution < 1.29 is 9.53 Å². The highest BCUT2D eigenvalue weighted by atomic mass is 127. The van der Waals surface area contributed by atoms with E-state index in [9.17, 15) is 4.79 Å². The summed E-state index contributed by atoms with van der Waals surface area (Å²) < 4.78 is 9.80. The van der Waals surface area contributed by atoms with E-state index in [0.29, 0.717) is 6.61 Å². The van der Waals surface area contributed by atoms with Crippen LogP contribution < -0.4 is 5.32 Å². The third kappa shape index (κ3) is 3.79. The van der Waals surface area contributed by atoms with Gasteiger partial charge in [-0.1, -0.05) is 13.3 Å². The van der Waals surface area contributed by atoms with Crippen molar-refractivity contribution >= 4 is 45.2 Å². The van der Waals surface area contributed by atoms with Crippen molar-refractivity contribution in [3.05, 3.63) is 9.77 Å². The van der Waals surface area contributed by atoms with Gasteiger partial charge in [0.1, 0.15) is 5.00 Å². The second kappa shape index (κ2) is 6.18. The van der Waals surface area contributed by atoms with E-state index in [4.69, 9.17) is 4.74 Å². The van der Waals surface area contributed by atoms with Gasteiger partial charge in [-0.2, -0.15) is 4.37 Å². The highest BCUT2D eigenvalue weighted by Crippen LogP contribution is 2.21. The number of hydrogen-bond donors (Lipinski definition) is 1. The van der Waals surface area contributed by atoms with Crippen LogP contribution in [-0.2, 0) is 4.74 Å². The summed E-state index contributed by atoms with van der Waals surface area (Å²) in [5.74, 6) is 0. The van der Waals surface area contributed by atoms with Crippen LogP contribution in [0.5, 0.6) is 0 Å². The molecule has 1 amide bonds. The predicted molar refractivity (Wildman–Crippen MR) is 64.7 cm³/mol. The molecule has 0 unspecified atom stereocenters. The number of ether oxygens (including phenoxy) is 1.